The van der Waals surface area contributed by atoms with Crippen LogP contribution in [0.15, 0.2) is 87.8 Å². The van der Waals surface area contributed by atoms with E-state index in [0.717, 1.165) is 72.1 Å². The number of benzene rings is 4. The van der Waals surface area contributed by atoms with E-state index in [1.165, 1.54) is 5.56 Å². The summed E-state index contributed by atoms with van der Waals surface area (Å²) in [5.41, 5.74) is 10.1. The van der Waals surface area contributed by atoms with E-state index in [9.17, 15) is 0 Å². The van der Waals surface area contributed by atoms with Crippen molar-refractivity contribution >= 4 is 54.9 Å². The fourth-order valence-corrected chi connectivity index (χ4v) is 6.62. The van der Waals surface area contributed by atoms with Gasteiger partial charge in [0.1, 0.15) is 28.2 Å². The van der Waals surface area contributed by atoms with Crippen molar-refractivity contribution in [2.24, 2.45) is 0 Å². The lowest BCUT2D eigenvalue weighted by Crippen LogP contribution is -2.09. The van der Waals surface area contributed by atoms with Gasteiger partial charge in [-0.1, -0.05) is 70.2 Å². The second-order valence-electron chi connectivity index (χ2n) is 12.1. The smallest absolute Gasteiger partial charge is 0.146 e. The van der Waals surface area contributed by atoms with Gasteiger partial charge in [0.2, 0.25) is 0 Å². The summed E-state index contributed by atoms with van der Waals surface area (Å²) in [5, 5.41) is 3.94. The number of nitrogens with zero attached hydrogens (tertiary/aromatic N) is 3. The summed E-state index contributed by atoms with van der Waals surface area (Å²) in [5.74, 6) is 1.08. The molecule has 43 heavy (non-hydrogen) atoms. The summed E-state index contributed by atoms with van der Waals surface area (Å²) in [6.45, 7) is 8.62. The Balaban J connectivity index is 1.53. The first kappa shape index (κ1) is 22.7. The minimum absolute atomic E-state index is 0.129. The Hall–Kier alpha value is -4.90. The van der Waals surface area contributed by atoms with Crippen LogP contribution in [0.3, 0.4) is 0 Å². The molecule has 8 rings (SSSR count). The minimum Gasteiger partial charge on any atom is -0.456 e. The lowest BCUT2D eigenvalue weighted by molar-refractivity contribution is 0.654. The van der Waals surface area contributed by atoms with Gasteiger partial charge in [-0.2, -0.15) is 0 Å². The van der Waals surface area contributed by atoms with Gasteiger partial charge in [-0.3, -0.25) is 9.55 Å². The molecule has 4 heterocycles. The first-order valence-electron chi connectivity index (χ1n) is 16.3. The molecule has 0 spiro atoms. The zero-order valence-electron chi connectivity index (χ0n) is 27.8. The highest BCUT2D eigenvalue weighted by atomic mass is 16.3. The van der Waals surface area contributed by atoms with Gasteiger partial charge in [0.25, 0.3) is 0 Å². The van der Waals surface area contributed by atoms with Crippen molar-refractivity contribution in [1.82, 2.24) is 14.5 Å². The molecule has 0 fully saturated rings. The maximum absolute atomic E-state index is 7.93. The third kappa shape index (κ3) is 3.77. The molecule has 0 aliphatic rings. The van der Waals surface area contributed by atoms with Crippen LogP contribution in [-0.2, 0) is 0 Å². The van der Waals surface area contributed by atoms with Crippen molar-refractivity contribution in [3.8, 4) is 17.1 Å². The largest absolute Gasteiger partial charge is 0.456 e. The lowest BCUT2D eigenvalue weighted by Gasteiger charge is -2.23. The van der Waals surface area contributed by atoms with Crippen LogP contribution in [0.1, 0.15) is 66.0 Å². The standard InChI is InChI=1S/C38H33N3O2/c1-20(2)27-18-28-24-10-7-8-12-31(24)43-37(28)34(21(3)4)36(27)41-30-19-39-23(6)17-29(30)40-38(41)26-11-9-13-32-35(26)25-15-14-22(5)16-33(25)42-32/h7-21H,1-6H3/i5D3. The van der Waals surface area contributed by atoms with Gasteiger partial charge in [0, 0.05) is 42.5 Å². The molecule has 212 valence electrons. The van der Waals surface area contributed by atoms with Gasteiger partial charge in [-0.05, 0) is 67.1 Å². The molecular weight excluding hydrogens is 530 g/mol. The van der Waals surface area contributed by atoms with Crippen LogP contribution in [0.5, 0.6) is 0 Å². The van der Waals surface area contributed by atoms with Crippen LogP contribution in [0.2, 0.25) is 0 Å². The van der Waals surface area contributed by atoms with Crippen molar-refractivity contribution in [3.63, 3.8) is 0 Å². The highest BCUT2D eigenvalue weighted by Gasteiger charge is 2.28. The number of hydrogen-bond donors (Lipinski definition) is 0. The van der Waals surface area contributed by atoms with E-state index in [1.54, 1.807) is 12.1 Å². The Bertz CT molecular complexity index is 2500. The maximum Gasteiger partial charge on any atom is 0.146 e. The molecule has 0 aliphatic heterocycles. The van der Waals surface area contributed by atoms with E-state index in [2.05, 4.69) is 56.5 Å². The summed E-state index contributed by atoms with van der Waals surface area (Å²) in [4.78, 5) is 10.0. The number of para-hydroxylation sites is 1. The molecule has 4 aromatic carbocycles. The molecule has 8 aromatic rings. The number of hydrogen-bond acceptors (Lipinski definition) is 4. The lowest BCUT2D eigenvalue weighted by atomic mass is 9.89. The average Bonchev–Trinajstić information content (AvgIpc) is 3.69. The second-order valence-corrected chi connectivity index (χ2v) is 12.1. The molecule has 0 saturated heterocycles. The zero-order chi connectivity index (χ0) is 32.1. The van der Waals surface area contributed by atoms with Gasteiger partial charge in [0.05, 0.1) is 22.9 Å². The van der Waals surface area contributed by atoms with Crippen LogP contribution in [-0.4, -0.2) is 14.5 Å². The highest BCUT2D eigenvalue weighted by molar-refractivity contribution is 6.13. The number of aryl methyl sites for hydroxylation is 2. The molecule has 5 nitrogen and oxygen atoms in total. The SMILES string of the molecule is [2H]C([2H])([2H])c1ccc2c(c1)oc1cccc(-c3nc4cc(C)ncc4n3-c3c(C(C)C)cc4c(oc5ccccc54)c3C(C)C)c12. The third-order valence-electron chi connectivity index (χ3n) is 8.55. The Kier molecular flexibility index (Phi) is 4.90. The number of imidazole rings is 1. The van der Waals surface area contributed by atoms with Crippen LogP contribution in [0.4, 0.5) is 0 Å². The topological polar surface area (TPSA) is 57.0 Å². The predicted molar refractivity (Wildman–Crippen MR) is 177 cm³/mol. The molecule has 4 aromatic heterocycles. The molecule has 0 bridgehead atoms. The van der Waals surface area contributed by atoms with Gasteiger partial charge < -0.3 is 8.83 Å². The molecule has 0 aliphatic carbocycles. The van der Waals surface area contributed by atoms with Crippen LogP contribution in [0, 0.1) is 13.8 Å². The monoisotopic (exact) mass is 566 g/mol. The molecule has 5 heteroatoms. The maximum atomic E-state index is 7.93. The number of pyridine rings is 1. The predicted octanol–water partition coefficient (Wildman–Crippen LogP) is 10.7. The summed E-state index contributed by atoms with van der Waals surface area (Å²) in [6, 6.07) is 23.6. The fraction of sp³-hybridized carbons (Fsp3) is 0.211. The average molecular weight is 567 g/mol. The van der Waals surface area contributed by atoms with Gasteiger partial charge >= 0.3 is 0 Å². The van der Waals surface area contributed by atoms with Crippen molar-refractivity contribution < 1.29 is 12.9 Å². The van der Waals surface area contributed by atoms with Crippen LogP contribution >= 0.6 is 0 Å². The van der Waals surface area contributed by atoms with Crippen molar-refractivity contribution in [1.29, 1.82) is 0 Å². The Morgan fingerprint density at radius 1 is 0.791 bits per heavy atom. The number of furan rings is 2. The Labute approximate surface area is 254 Å². The van der Waals surface area contributed by atoms with Crippen LogP contribution < -0.4 is 0 Å². The third-order valence-corrected chi connectivity index (χ3v) is 8.55. The molecule has 0 atom stereocenters. The second kappa shape index (κ2) is 9.30. The summed E-state index contributed by atoms with van der Waals surface area (Å²) < 4.78 is 39.0. The Morgan fingerprint density at radius 3 is 2.44 bits per heavy atom. The van der Waals surface area contributed by atoms with Gasteiger partial charge in [0.15, 0.2) is 0 Å². The molecule has 0 saturated carbocycles. The molecule has 0 unspecified atom stereocenters. The van der Waals surface area contributed by atoms with Crippen LogP contribution in [0.25, 0.3) is 72.0 Å². The van der Waals surface area contributed by atoms with E-state index in [0.29, 0.717) is 11.2 Å². The van der Waals surface area contributed by atoms with E-state index < -0.39 is 6.85 Å². The highest BCUT2D eigenvalue weighted by Crippen LogP contribution is 2.45. The Morgan fingerprint density at radius 2 is 1.63 bits per heavy atom. The van der Waals surface area contributed by atoms with Crippen molar-refractivity contribution in [3.05, 3.63) is 101 Å². The zero-order valence-corrected chi connectivity index (χ0v) is 24.8. The molecule has 0 radical (unpaired) electrons. The van der Waals surface area contributed by atoms with Gasteiger partial charge in [-0.15, -0.1) is 0 Å². The summed E-state index contributed by atoms with van der Waals surface area (Å²) in [7, 11) is 0. The first-order valence-corrected chi connectivity index (χ1v) is 14.8. The molecule has 0 N–H and O–H groups in total. The van der Waals surface area contributed by atoms with Crippen molar-refractivity contribution in [2.75, 3.05) is 0 Å². The normalized spacial score (nSPS) is 13.7. The quantitative estimate of drug-likeness (QED) is 0.213. The van der Waals surface area contributed by atoms with Crippen molar-refractivity contribution in [2.45, 2.75) is 53.3 Å². The number of fused-ring (bicyclic) bond motifs is 7. The summed E-state index contributed by atoms with van der Waals surface area (Å²) in [6.07, 6.45) is 1.91. The number of aromatic nitrogens is 3. The van der Waals surface area contributed by atoms with E-state index in [-0.39, 0.29) is 17.4 Å². The van der Waals surface area contributed by atoms with Gasteiger partial charge in [-0.25, -0.2) is 4.98 Å². The fourth-order valence-electron chi connectivity index (χ4n) is 6.62. The molecular formula is C38H33N3O2. The van der Waals surface area contributed by atoms with E-state index in [4.69, 9.17) is 22.9 Å². The molecule has 0 amide bonds. The first-order chi connectivity index (χ1) is 22.0. The van der Waals surface area contributed by atoms with E-state index in [1.807, 2.05) is 49.5 Å². The minimum atomic E-state index is -2.23. The number of rotatable bonds is 4. The summed E-state index contributed by atoms with van der Waals surface area (Å²) >= 11 is 0. The van der Waals surface area contributed by atoms with E-state index >= 15 is 0 Å².